The Labute approximate surface area is 123 Å². The third kappa shape index (κ3) is 1.81. The zero-order valence-corrected chi connectivity index (χ0v) is 11.0. The van der Waals surface area contributed by atoms with E-state index in [1.54, 1.807) is 12.1 Å². The highest BCUT2D eigenvalue weighted by Gasteiger charge is 2.32. The summed E-state index contributed by atoms with van der Waals surface area (Å²) in [5.74, 6) is -3.94. The van der Waals surface area contributed by atoms with Crippen LogP contribution in [0.25, 0.3) is 0 Å². The molecule has 22 heavy (non-hydrogen) atoms. The maximum atomic E-state index is 12.4. The monoisotopic (exact) mass is 296 g/mol. The van der Waals surface area contributed by atoms with E-state index in [9.17, 15) is 19.2 Å². The predicted octanol–water partition coefficient (Wildman–Crippen LogP) is 1.86. The molecule has 0 saturated heterocycles. The number of rotatable bonds is 2. The van der Waals surface area contributed by atoms with Crippen molar-refractivity contribution in [1.29, 1.82) is 0 Å². The second-order valence-electron chi connectivity index (χ2n) is 4.76. The van der Waals surface area contributed by atoms with Crippen LogP contribution in [0.5, 0.6) is 0 Å². The van der Waals surface area contributed by atoms with Crippen LogP contribution in [0.2, 0.25) is 0 Å². The lowest BCUT2D eigenvalue weighted by Crippen LogP contribution is -2.23. The standard InChI is InChI=1S/C16H8O6/c17-13-7-3-1-2-4-8(7)14(18)10-6-12(16(21)22)11(15(19)20)5-9(10)13/h1-6H,(H,19,20)(H,21,22). The van der Waals surface area contributed by atoms with Gasteiger partial charge in [-0.1, -0.05) is 24.3 Å². The average Bonchev–Trinajstić information content (AvgIpc) is 2.51. The SMILES string of the molecule is O=C(O)c1cc2c(cc1C(=O)O)C(=O)c1ccccc1C2=O. The first-order valence-electron chi connectivity index (χ1n) is 6.25. The second-order valence-corrected chi connectivity index (χ2v) is 4.76. The van der Waals surface area contributed by atoms with Gasteiger partial charge < -0.3 is 10.2 Å². The van der Waals surface area contributed by atoms with Crippen molar-refractivity contribution < 1.29 is 29.4 Å². The lowest BCUT2D eigenvalue weighted by atomic mass is 9.82. The second kappa shape index (κ2) is 4.63. The highest BCUT2D eigenvalue weighted by molar-refractivity contribution is 6.29. The van der Waals surface area contributed by atoms with Gasteiger partial charge in [0, 0.05) is 22.3 Å². The Morgan fingerprint density at radius 2 is 1.05 bits per heavy atom. The first-order chi connectivity index (χ1) is 10.4. The van der Waals surface area contributed by atoms with Crippen molar-refractivity contribution in [2.24, 2.45) is 0 Å². The quantitative estimate of drug-likeness (QED) is 0.747. The highest BCUT2D eigenvalue weighted by Crippen LogP contribution is 2.29. The Kier molecular flexibility index (Phi) is 2.88. The molecule has 0 fully saturated rings. The molecule has 6 heteroatoms. The minimum absolute atomic E-state index is 0.0916. The zero-order chi connectivity index (χ0) is 16.0. The maximum Gasteiger partial charge on any atom is 0.336 e. The number of hydrogen-bond donors (Lipinski definition) is 2. The molecule has 0 atom stereocenters. The molecule has 2 aromatic carbocycles. The Balaban J connectivity index is 2.34. The zero-order valence-electron chi connectivity index (χ0n) is 11.0. The third-order valence-electron chi connectivity index (χ3n) is 3.52. The smallest absolute Gasteiger partial charge is 0.336 e. The number of fused-ring (bicyclic) bond motifs is 2. The summed E-state index contributed by atoms with van der Waals surface area (Å²) < 4.78 is 0. The summed E-state index contributed by atoms with van der Waals surface area (Å²) in [5.41, 5.74) is -0.866. The van der Waals surface area contributed by atoms with Gasteiger partial charge >= 0.3 is 11.9 Å². The van der Waals surface area contributed by atoms with E-state index in [1.807, 2.05) is 0 Å². The van der Waals surface area contributed by atoms with E-state index in [4.69, 9.17) is 10.2 Å². The summed E-state index contributed by atoms with van der Waals surface area (Å²) in [5, 5.41) is 18.2. The Morgan fingerprint density at radius 3 is 1.36 bits per heavy atom. The van der Waals surface area contributed by atoms with Crippen LogP contribution < -0.4 is 0 Å². The predicted molar refractivity (Wildman–Crippen MR) is 73.7 cm³/mol. The van der Waals surface area contributed by atoms with Gasteiger partial charge in [0.25, 0.3) is 0 Å². The molecule has 0 heterocycles. The molecule has 0 aliphatic heterocycles. The van der Waals surface area contributed by atoms with Crippen molar-refractivity contribution in [2.45, 2.75) is 0 Å². The summed E-state index contributed by atoms with van der Waals surface area (Å²) in [6, 6.07) is 8.06. The van der Waals surface area contributed by atoms with Crippen molar-refractivity contribution in [2.75, 3.05) is 0 Å². The van der Waals surface area contributed by atoms with Crippen molar-refractivity contribution in [3.05, 3.63) is 69.8 Å². The Bertz CT molecular complexity index is 806. The highest BCUT2D eigenvalue weighted by atomic mass is 16.4. The number of carbonyl (C=O) groups is 4. The lowest BCUT2D eigenvalue weighted by Gasteiger charge is -2.18. The van der Waals surface area contributed by atoms with Gasteiger partial charge in [0.2, 0.25) is 0 Å². The topological polar surface area (TPSA) is 109 Å². The number of carboxylic acids is 2. The van der Waals surface area contributed by atoms with Gasteiger partial charge in [0.05, 0.1) is 11.1 Å². The molecule has 0 aromatic heterocycles. The number of carboxylic acid groups (broad SMARTS) is 2. The van der Waals surface area contributed by atoms with Crippen LogP contribution >= 0.6 is 0 Å². The lowest BCUT2D eigenvalue weighted by molar-refractivity contribution is 0.0651. The van der Waals surface area contributed by atoms with Gasteiger partial charge in [-0.2, -0.15) is 0 Å². The molecule has 2 aromatic rings. The molecule has 1 aliphatic carbocycles. The summed E-state index contributed by atoms with van der Waals surface area (Å²) >= 11 is 0. The van der Waals surface area contributed by atoms with Crippen LogP contribution in [0.3, 0.4) is 0 Å². The molecule has 0 radical (unpaired) electrons. The number of ketones is 2. The molecule has 0 unspecified atom stereocenters. The van der Waals surface area contributed by atoms with Crippen molar-refractivity contribution in [3.8, 4) is 0 Å². The van der Waals surface area contributed by atoms with E-state index in [0.29, 0.717) is 0 Å². The minimum atomic E-state index is -1.47. The molecule has 6 nitrogen and oxygen atoms in total. The van der Waals surface area contributed by atoms with E-state index < -0.39 is 34.6 Å². The fourth-order valence-corrected chi connectivity index (χ4v) is 2.50. The fraction of sp³-hybridized carbons (Fsp3) is 0. The van der Waals surface area contributed by atoms with Gasteiger partial charge in [0.15, 0.2) is 11.6 Å². The molecule has 0 spiro atoms. The van der Waals surface area contributed by atoms with Crippen LogP contribution in [0, 0.1) is 0 Å². The van der Waals surface area contributed by atoms with Gasteiger partial charge in [-0.25, -0.2) is 9.59 Å². The summed E-state index contributed by atoms with van der Waals surface area (Å²) in [6.45, 7) is 0. The van der Waals surface area contributed by atoms with Crippen LogP contribution in [0.4, 0.5) is 0 Å². The van der Waals surface area contributed by atoms with Gasteiger partial charge in [0.1, 0.15) is 0 Å². The fourth-order valence-electron chi connectivity index (χ4n) is 2.50. The van der Waals surface area contributed by atoms with Crippen molar-refractivity contribution in [3.63, 3.8) is 0 Å². The minimum Gasteiger partial charge on any atom is -0.478 e. The Hall–Kier alpha value is -3.28. The molecular formula is C16H8O6. The van der Waals surface area contributed by atoms with Gasteiger partial charge in [-0.05, 0) is 12.1 Å². The summed E-state index contributed by atoms with van der Waals surface area (Å²) in [4.78, 5) is 47.2. The van der Waals surface area contributed by atoms with Crippen molar-refractivity contribution in [1.82, 2.24) is 0 Å². The average molecular weight is 296 g/mol. The normalized spacial score (nSPS) is 12.5. The molecule has 3 rings (SSSR count). The number of hydrogen-bond acceptors (Lipinski definition) is 4. The van der Waals surface area contributed by atoms with E-state index in [2.05, 4.69) is 0 Å². The van der Waals surface area contributed by atoms with Crippen LogP contribution in [0.1, 0.15) is 52.6 Å². The van der Waals surface area contributed by atoms with E-state index in [1.165, 1.54) is 12.1 Å². The summed E-state index contributed by atoms with van der Waals surface area (Å²) in [6.07, 6.45) is 0. The first kappa shape index (κ1) is 13.7. The number of aromatic carboxylic acids is 2. The Morgan fingerprint density at radius 1 is 0.682 bits per heavy atom. The molecule has 108 valence electrons. The van der Waals surface area contributed by atoms with Crippen LogP contribution in [-0.2, 0) is 0 Å². The summed E-state index contributed by atoms with van der Waals surface area (Å²) in [7, 11) is 0. The van der Waals surface area contributed by atoms with E-state index in [0.717, 1.165) is 12.1 Å². The first-order valence-corrected chi connectivity index (χ1v) is 6.25. The maximum absolute atomic E-state index is 12.4. The third-order valence-corrected chi connectivity index (χ3v) is 3.52. The molecule has 0 saturated carbocycles. The van der Waals surface area contributed by atoms with Crippen LogP contribution in [-0.4, -0.2) is 33.7 Å². The van der Waals surface area contributed by atoms with E-state index in [-0.39, 0.29) is 22.3 Å². The molecule has 2 N–H and O–H groups in total. The molecular weight excluding hydrogens is 288 g/mol. The van der Waals surface area contributed by atoms with Gasteiger partial charge in [-0.15, -0.1) is 0 Å². The van der Waals surface area contributed by atoms with Gasteiger partial charge in [-0.3, -0.25) is 9.59 Å². The largest absolute Gasteiger partial charge is 0.478 e. The number of benzene rings is 2. The molecule has 1 aliphatic rings. The number of carbonyl (C=O) groups excluding carboxylic acids is 2. The molecule has 0 bridgehead atoms. The van der Waals surface area contributed by atoms with Crippen LogP contribution in [0.15, 0.2) is 36.4 Å². The van der Waals surface area contributed by atoms with E-state index >= 15 is 0 Å². The molecule has 0 amide bonds. The van der Waals surface area contributed by atoms with Crippen molar-refractivity contribution >= 4 is 23.5 Å².